The molecule has 0 bridgehead atoms. The van der Waals surface area contributed by atoms with Crippen LogP contribution in [-0.4, -0.2) is 11.6 Å². The molecule has 0 aliphatic rings. The van der Waals surface area contributed by atoms with E-state index in [2.05, 4.69) is 10.3 Å². The smallest absolute Gasteiger partial charge is 0.255 e. The van der Waals surface area contributed by atoms with E-state index in [-0.39, 0.29) is 5.56 Å². The number of nitrogens with zero attached hydrogens (tertiary/aromatic N) is 1. The number of anilines is 1. The van der Waals surface area contributed by atoms with Gasteiger partial charge in [-0.1, -0.05) is 23.2 Å². The number of hydrogen-bond acceptors (Lipinski definition) is 2. The Balaban J connectivity index is 1.94. The highest BCUT2D eigenvalue weighted by Gasteiger charge is 2.13. The molecule has 3 rings (SSSR count). The molecule has 7 heteroatoms. The third kappa shape index (κ3) is 4.94. The van der Waals surface area contributed by atoms with Crippen LogP contribution in [0.2, 0.25) is 10.0 Å². The summed E-state index contributed by atoms with van der Waals surface area (Å²) in [5.41, 5.74) is 1.98. The molecule has 0 heterocycles. The van der Waals surface area contributed by atoms with Crippen LogP contribution >= 0.6 is 23.2 Å². The second-order valence-corrected chi connectivity index (χ2v) is 6.85. The van der Waals surface area contributed by atoms with E-state index < -0.39 is 17.5 Å². The number of benzene rings is 3. The van der Waals surface area contributed by atoms with Gasteiger partial charge in [0, 0.05) is 26.9 Å². The first-order valence-corrected chi connectivity index (χ1v) is 8.95. The van der Waals surface area contributed by atoms with Crippen LogP contribution in [-0.2, 0) is 0 Å². The van der Waals surface area contributed by atoms with Crippen molar-refractivity contribution in [3.63, 3.8) is 0 Å². The summed E-state index contributed by atoms with van der Waals surface area (Å²) in [6.07, 6.45) is 0. The fraction of sp³-hybridized carbons (Fsp3) is 0.0476. The summed E-state index contributed by atoms with van der Waals surface area (Å²) < 4.78 is 26.9. The zero-order chi connectivity index (χ0) is 20.3. The minimum atomic E-state index is -0.478. The Morgan fingerprint density at radius 1 is 0.893 bits per heavy atom. The van der Waals surface area contributed by atoms with E-state index in [9.17, 15) is 13.6 Å². The van der Waals surface area contributed by atoms with Crippen molar-refractivity contribution in [3.8, 4) is 0 Å². The molecule has 142 valence electrons. The second kappa shape index (κ2) is 8.50. The zero-order valence-electron chi connectivity index (χ0n) is 14.6. The van der Waals surface area contributed by atoms with Gasteiger partial charge in [0.1, 0.15) is 11.6 Å². The van der Waals surface area contributed by atoms with Crippen LogP contribution in [0, 0.1) is 11.6 Å². The van der Waals surface area contributed by atoms with Crippen LogP contribution in [0.1, 0.15) is 22.8 Å². The Morgan fingerprint density at radius 2 is 1.50 bits per heavy atom. The fourth-order valence-corrected chi connectivity index (χ4v) is 3.09. The van der Waals surface area contributed by atoms with Gasteiger partial charge in [-0.25, -0.2) is 8.78 Å². The molecular weight excluding hydrogens is 405 g/mol. The molecule has 0 aliphatic carbocycles. The lowest BCUT2D eigenvalue weighted by atomic mass is 10.1. The van der Waals surface area contributed by atoms with E-state index in [0.717, 1.165) is 0 Å². The van der Waals surface area contributed by atoms with Crippen LogP contribution in [0.15, 0.2) is 65.7 Å². The van der Waals surface area contributed by atoms with Gasteiger partial charge in [-0.3, -0.25) is 9.79 Å². The van der Waals surface area contributed by atoms with Crippen molar-refractivity contribution >= 4 is 46.2 Å². The van der Waals surface area contributed by atoms with Gasteiger partial charge in [0.05, 0.1) is 11.4 Å². The van der Waals surface area contributed by atoms with Crippen molar-refractivity contribution in [2.45, 2.75) is 6.92 Å². The molecule has 0 aromatic heterocycles. The van der Waals surface area contributed by atoms with E-state index in [0.29, 0.717) is 32.7 Å². The molecule has 0 saturated carbocycles. The number of carbonyl (C=O) groups excluding carboxylic acids is 1. The topological polar surface area (TPSA) is 41.5 Å². The average Bonchev–Trinajstić information content (AvgIpc) is 2.62. The van der Waals surface area contributed by atoms with E-state index >= 15 is 0 Å². The molecule has 0 spiro atoms. The third-order valence-electron chi connectivity index (χ3n) is 3.87. The number of halogens is 4. The third-order valence-corrected chi connectivity index (χ3v) is 4.31. The monoisotopic (exact) mass is 418 g/mol. The summed E-state index contributed by atoms with van der Waals surface area (Å²) in [6, 6.07) is 13.9. The van der Waals surface area contributed by atoms with Crippen LogP contribution < -0.4 is 5.32 Å². The van der Waals surface area contributed by atoms with Gasteiger partial charge in [0.25, 0.3) is 5.91 Å². The molecule has 0 atom stereocenters. The molecule has 1 N–H and O–H groups in total. The van der Waals surface area contributed by atoms with Crippen molar-refractivity contribution in [3.05, 3.63) is 93.5 Å². The number of amides is 1. The van der Waals surface area contributed by atoms with Crippen molar-refractivity contribution < 1.29 is 13.6 Å². The Kier molecular flexibility index (Phi) is 6.07. The molecule has 0 fully saturated rings. The SMILES string of the molecule is CC(=Nc1cc(Cl)cc(Cl)c1)c1cc(F)ccc1NC(=O)c1ccc(F)cc1. The first-order valence-electron chi connectivity index (χ1n) is 8.20. The lowest BCUT2D eigenvalue weighted by Gasteiger charge is -2.12. The molecule has 3 aromatic rings. The number of rotatable bonds is 4. The van der Waals surface area contributed by atoms with Gasteiger partial charge in [0.2, 0.25) is 0 Å². The van der Waals surface area contributed by atoms with Crippen molar-refractivity contribution in [1.82, 2.24) is 0 Å². The van der Waals surface area contributed by atoms with Crippen LogP contribution in [0.3, 0.4) is 0 Å². The Labute approximate surface area is 170 Å². The highest BCUT2D eigenvalue weighted by atomic mass is 35.5. The molecule has 0 radical (unpaired) electrons. The second-order valence-electron chi connectivity index (χ2n) is 5.98. The number of aliphatic imine (C=N–C) groups is 1. The van der Waals surface area contributed by atoms with Gasteiger partial charge in [0.15, 0.2) is 0 Å². The summed E-state index contributed by atoms with van der Waals surface area (Å²) in [6.45, 7) is 1.68. The summed E-state index contributed by atoms with van der Waals surface area (Å²) >= 11 is 12.0. The largest absolute Gasteiger partial charge is 0.321 e. The molecule has 28 heavy (non-hydrogen) atoms. The van der Waals surface area contributed by atoms with Crippen LogP contribution in [0.5, 0.6) is 0 Å². The molecule has 3 aromatic carbocycles. The predicted molar refractivity (Wildman–Crippen MR) is 109 cm³/mol. The van der Waals surface area contributed by atoms with Crippen LogP contribution in [0.4, 0.5) is 20.2 Å². The van der Waals surface area contributed by atoms with Crippen molar-refractivity contribution in [1.29, 1.82) is 0 Å². The number of hydrogen-bond donors (Lipinski definition) is 1. The highest BCUT2D eigenvalue weighted by molar-refractivity contribution is 6.35. The number of nitrogens with one attached hydrogen (secondary N) is 1. The summed E-state index contributed by atoms with van der Waals surface area (Å²) in [5.74, 6) is -1.37. The predicted octanol–water partition coefficient (Wildman–Crippen LogP) is 6.66. The molecular formula is C21H14Cl2F2N2O. The van der Waals surface area contributed by atoms with Gasteiger partial charge in [-0.2, -0.15) is 0 Å². The highest BCUT2D eigenvalue weighted by Crippen LogP contribution is 2.27. The molecule has 0 aliphatic heterocycles. The lowest BCUT2D eigenvalue weighted by Crippen LogP contribution is -2.14. The normalized spacial score (nSPS) is 11.4. The summed E-state index contributed by atoms with van der Waals surface area (Å²) in [7, 11) is 0. The van der Waals surface area contributed by atoms with Crippen LogP contribution in [0.25, 0.3) is 0 Å². The maximum Gasteiger partial charge on any atom is 0.255 e. The molecule has 3 nitrogen and oxygen atoms in total. The average molecular weight is 419 g/mol. The van der Waals surface area contributed by atoms with E-state index in [1.165, 1.54) is 42.5 Å². The van der Waals surface area contributed by atoms with E-state index in [4.69, 9.17) is 23.2 Å². The Morgan fingerprint density at radius 3 is 2.14 bits per heavy atom. The summed E-state index contributed by atoms with van der Waals surface area (Å²) in [4.78, 5) is 16.9. The van der Waals surface area contributed by atoms with E-state index in [1.807, 2.05) is 0 Å². The minimum absolute atomic E-state index is 0.271. The quantitative estimate of drug-likeness (QED) is 0.472. The van der Waals surface area contributed by atoms with Gasteiger partial charge >= 0.3 is 0 Å². The fourth-order valence-electron chi connectivity index (χ4n) is 2.58. The minimum Gasteiger partial charge on any atom is -0.321 e. The maximum atomic E-state index is 13.8. The maximum absolute atomic E-state index is 13.8. The molecule has 1 amide bonds. The van der Waals surface area contributed by atoms with Gasteiger partial charge in [-0.05, 0) is 67.6 Å². The van der Waals surface area contributed by atoms with Gasteiger partial charge < -0.3 is 5.32 Å². The lowest BCUT2D eigenvalue weighted by molar-refractivity contribution is 0.102. The molecule has 0 unspecified atom stereocenters. The summed E-state index contributed by atoms with van der Waals surface area (Å²) in [5, 5.41) is 3.54. The van der Waals surface area contributed by atoms with Gasteiger partial charge in [-0.15, -0.1) is 0 Å². The Hall–Kier alpha value is -2.76. The van der Waals surface area contributed by atoms with E-state index in [1.54, 1.807) is 25.1 Å². The standard InChI is InChI=1S/C21H14Cl2F2N2O/c1-12(26-18-9-14(22)8-15(23)10-18)19-11-17(25)6-7-20(19)27-21(28)13-2-4-16(24)5-3-13/h2-11H,1H3,(H,27,28). The van der Waals surface area contributed by atoms with Crippen molar-refractivity contribution in [2.75, 3.05) is 5.32 Å². The molecule has 0 saturated heterocycles. The number of carbonyl (C=O) groups is 1. The van der Waals surface area contributed by atoms with Crippen molar-refractivity contribution in [2.24, 2.45) is 4.99 Å². The zero-order valence-corrected chi connectivity index (χ0v) is 16.2. The Bertz CT molecular complexity index is 1050. The first-order chi connectivity index (χ1) is 13.3. The first kappa shape index (κ1) is 20.0.